The molecule has 0 bridgehead atoms. The number of pyridine rings is 1. The molecule has 0 saturated carbocycles. The number of phenolic OH excluding ortho intramolecular Hbond substituents is 1. The van der Waals surface area contributed by atoms with Crippen molar-refractivity contribution in [3.8, 4) is 11.5 Å². The summed E-state index contributed by atoms with van der Waals surface area (Å²) in [5, 5.41) is 27.8. The molecule has 0 radical (unpaired) electrons. The summed E-state index contributed by atoms with van der Waals surface area (Å²) in [5.41, 5.74) is 5.75. The van der Waals surface area contributed by atoms with E-state index in [-0.39, 0.29) is 66.8 Å². The van der Waals surface area contributed by atoms with Gasteiger partial charge in [-0.2, -0.15) is 0 Å². The molecular weight excluding hydrogens is 895 g/mol. The van der Waals surface area contributed by atoms with Crippen molar-refractivity contribution in [2.75, 3.05) is 52.5 Å². The standard InChI is InChI=1S/C58H61N5O8/c64-51-25-23-49(50-24-26-53(66)61-56(50)51)52(65)36-59-30-27-41-19-21-46(22-20-41)57(68)60-31-34-63(38-43-13-6-2-7-14-43)54(67)40-70-48-18-10-17-47(35-48)55(45-15-8-3-9-16-45)58(69)71-39-44-28-32-62(33-29-44)37-42-11-4-1-5-12-42/h1-26,35,44,52,55,59,64-65H,27-34,36-40H2,(H,60,68)(H,61,66)/t52-,55?/m0/s1. The highest BCUT2D eigenvalue weighted by Gasteiger charge is 2.28. The first-order chi connectivity index (χ1) is 34.7. The maximum atomic E-state index is 13.9. The average molecular weight is 956 g/mol. The van der Waals surface area contributed by atoms with Gasteiger partial charge in [0.15, 0.2) is 6.61 Å². The van der Waals surface area contributed by atoms with Gasteiger partial charge in [0.05, 0.1) is 18.2 Å². The van der Waals surface area contributed by atoms with Gasteiger partial charge in [0.1, 0.15) is 17.4 Å². The Kier molecular flexibility index (Phi) is 17.4. The number of aromatic hydroxyl groups is 1. The number of aliphatic hydroxyl groups is 1. The van der Waals surface area contributed by atoms with Crippen LogP contribution in [0.3, 0.4) is 0 Å². The molecule has 1 aromatic heterocycles. The zero-order valence-electron chi connectivity index (χ0n) is 39.8. The van der Waals surface area contributed by atoms with Crippen molar-refractivity contribution in [3.05, 3.63) is 213 Å². The number of carbonyl (C=O) groups is 3. The summed E-state index contributed by atoms with van der Waals surface area (Å²) in [5.74, 6) is -0.867. The smallest absolute Gasteiger partial charge is 0.317 e. The van der Waals surface area contributed by atoms with E-state index in [9.17, 15) is 29.4 Å². The number of carbonyl (C=O) groups excluding carboxylic acids is 3. The highest BCUT2D eigenvalue weighted by molar-refractivity contribution is 5.94. The highest BCUT2D eigenvalue weighted by Crippen LogP contribution is 2.31. The molecular formula is C58H61N5O8. The third-order valence-electron chi connectivity index (χ3n) is 13.0. The molecule has 1 saturated heterocycles. The van der Waals surface area contributed by atoms with Crippen LogP contribution >= 0.6 is 0 Å². The zero-order valence-corrected chi connectivity index (χ0v) is 39.8. The van der Waals surface area contributed by atoms with Gasteiger partial charge in [-0.05, 0) is 115 Å². The van der Waals surface area contributed by atoms with Crippen molar-refractivity contribution in [2.45, 2.75) is 44.4 Å². The van der Waals surface area contributed by atoms with Crippen LogP contribution in [0, 0.1) is 5.92 Å². The van der Waals surface area contributed by atoms with Crippen LogP contribution in [0.15, 0.2) is 169 Å². The van der Waals surface area contributed by atoms with Crippen molar-refractivity contribution in [2.24, 2.45) is 5.92 Å². The lowest BCUT2D eigenvalue weighted by Gasteiger charge is -2.32. The largest absolute Gasteiger partial charge is 0.506 e. The number of amides is 2. The first kappa shape index (κ1) is 49.8. The number of ether oxygens (including phenoxy) is 2. The van der Waals surface area contributed by atoms with Crippen molar-refractivity contribution < 1.29 is 34.1 Å². The number of aliphatic hydroxyl groups excluding tert-OH is 1. The number of nitrogens with zero attached hydrogens (tertiary/aromatic N) is 2. The van der Waals surface area contributed by atoms with E-state index in [2.05, 4.69) is 44.8 Å². The molecule has 2 atom stereocenters. The van der Waals surface area contributed by atoms with Gasteiger partial charge in [-0.15, -0.1) is 0 Å². The third kappa shape index (κ3) is 14.0. The van der Waals surface area contributed by atoms with E-state index in [0.717, 1.165) is 49.2 Å². The molecule has 6 aromatic carbocycles. The topological polar surface area (TPSA) is 174 Å². The fourth-order valence-corrected chi connectivity index (χ4v) is 9.02. The molecule has 1 aliphatic heterocycles. The van der Waals surface area contributed by atoms with E-state index in [0.29, 0.717) is 53.9 Å². The molecule has 1 fully saturated rings. The number of aromatic nitrogens is 1. The maximum absolute atomic E-state index is 13.9. The zero-order chi connectivity index (χ0) is 49.4. The summed E-state index contributed by atoms with van der Waals surface area (Å²) in [7, 11) is 0. The fraction of sp³-hybridized carbons (Fsp3) is 0.276. The minimum Gasteiger partial charge on any atom is -0.506 e. The molecule has 1 unspecified atom stereocenters. The number of rotatable bonds is 22. The number of phenols is 1. The number of piperidine rings is 1. The van der Waals surface area contributed by atoms with Gasteiger partial charge in [-0.1, -0.05) is 121 Å². The first-order valence-electron chi connectivity index (χ1n) is 24.3. The van der Waals surface area contributed by atoms with Crippen molar-refractivity contribution in [3.63, 3.8) is 0 Å². The number of benzene rings is 6. The van der Waals surface area contributed by atoms with Gasteiger partial charge in [-0.25, -0.2) is 0 Å². The van der Waals surface area contributed by atoms with E-state index in [1.54, 1.807) is 41.3 Å². The van der Waals surface area contributed by atoms with Gasteiger partial charge in [-0.3, -0.25) is 24.1 Å². The Balaban J connectivity index is 0.817. The Morgan fingerprint density at radius 1 is 0.746 bits per heavy atom. The Morgan fingerprint density at radius 2 is 1.44 bits per heavy atom. The second-order valence-electron chi connectivity index (χ2n) is 18.0. The number of fused-ring (bicyclic) bond motifs is 1. The Labute approximate surface area is 414 Å². The molecule has 13 heteroatoms. The van der Waals surface area contributed by atoms with Gasteiger partial charge in [0.2, 0.25) is 5.56 Å². The number of esters is 1. The predicted molar refractivity (Wildman–Crippen MR) is 274 cm³/mol. The van der Waals surface area contributed by atoms with Crippen LogP contribution in [0.4, 0.5) is 0 Å². The second kappa shape index (κ2) is 24.8. The van der Waals surface area contributed by atoms with Crippen LogP contribution < -0.4 is 20.9 Å². The molecule has 1 aliphatic rings. The minimum absolute atomic E-state index is 0.0633. The number of aromatic amines is 1. The molecule has 2 heterocycles. The van der Waals surface area contributed by atoms with Crippen LogP contribution in [0.2, 0.25) is 0 Å². The molecule has 5 N–H and O–H groups in total. The lowest BCUT2D eigenvalue weighted by molar-refractivity contribution is -0.146. The molecule has 0 spiro atoms. The Morgan fingerprint density at radius 3 is 2.17 bits per heavy atom. The van der Waals surface area contributed by atoms with Crippen molar-refractivity contribution >= 4 is 28.7 Å². The summed E-state index contributed by atoms with van der Waals surface area (Å²) < 4.78 is 12.2. The van der Waals surface area contributed by atoms with Crippen LogP contribution in [0.1, 0.15) is 68.6 Å². The number of hydrogen-bond acceptors (Lipinski definition) is 10. The summed E-state index contributed by atoms with van der Waals surface area (Å²) >= 11 is 0. The SMILES string of the molecule is O=C(NCCN(Cc1ccccc1)C(=O)COc1cccc(C(C(=O)OCC2CCN(Cc3ccccc3)CC2)c2ccccc2)c1)c1ccc(CCNC[C@H](O)c2ccc(O)c3[nH]c(=O)ccc23)cc1. The summed E-state index contributed by atoms with van der Waals surface area (Å²) in [6, 6.07) is 50.3. The minimum atomic E-state index is -0.869. The van der Waals surface area contributed by atoms with Gasteiger partial charge in [0.25, 0.3) is 11.8 Å². The fourth-order valence-electron chi connectivity index (χ4n) is 9.02. The highest BCUT2D eigenvalue weighted by atomic mass is 16.5. The molecule has 0 aliphatic carbocycles. The van der Waals surface area contributed by atoms with Crippen LogP contribution in [0.5, 0.6) is 11.5 Å². The van der Waals surface area contributed by atoms with Crippen molar-refractivity contribution in [1.29, 1.82) is 0 Å². The number of nitrogens with one attached hydrogen (secondary N) is 3. The first-order valence-corrected chi connectivity index (χ1v) is 24.3. The molecule has 8 rings (SSSR count). The maximum Gasteiger partial charge on any atom is 0.317 e. The number of hydrogen-bond donors (Lipinski definition) is 5. The van der Waals surface area contributed by atoms with Crippen LogP contribution in [-0.2, 0) is 33.8 Å². The summed E-state index contributed by atoms with van der Waals surface area (Å²) in [4.78, 5) is 59.6. The van der Waals surface area contributed by atoms with Gasteiger partial charge in [0, 0.05) is 49.7 Å². The lowest BCUT2D eigenvalue weighted by atomic mass is 9.91. The Bertz CT molecular complexity index is 2890. The van der Waals surface area contributed by atoms with Gasteiger partial charge < -0.3 is 40.2 Å². The molecule has 13 nitrogen and oxygen atoms in total. The van der Waals surface area contributed by atoms with Gasteiger partial charge >= 0.3 is 5.97 Å². The Hall–Kier alpha value is -7.58. The molecule has 7 aromatic rings. The normalized spacial score (nSPS) is 13.8. The monoisotopic (exact) mass is 955 g/mol. The van der Waals surface area contributed by atoms with E-state index in [4.69, 9.17) is 9.47 Å². The molecule has 366 valence electrons. The van der Waals surface area contributed by atoms with E-state index in [1.165, 1.54) is 17.7 Å². The summed E-state index contributed by atoms with van der Waals surface area (Å²) in [6.07, 6.45) is 1.70. The van der Waals surface area contributed by atoms with E-state index >= 15 is 0 Å². The third-order valence-corrected chi connectivity index (χ3v) is 13.0. The lowest BCUT2D eigenvalue weighted by Crippen LogP contribution is -2.40. The number of H-pyrrole nitrogens is 1. The van der Waals surface area contributed by atoms with E-state index in [1.807, 2.05) is 91.0 Å². The average Bonchev–Trinajstić information content (AvgIpc) is 3.40. The van der Waals surface area contributed by atoms with Crippen molar-refractivity contribution in [1.82, 2.24) is 25.4 Å². The quantitative estimate of drug-likeness (QED) is 0.0338. The predicted octanol–water partition coefficient (Wildman–Crippen LogP) is 7.52. The molecule has 71 heavy (non-hydrogen) atoms. The summed E-state index contributed by atoms with van der Waals surface area (Å²) in [6.45, 7) is 4.52. The van der Waals surface area contributed by atoms with Crippen LogP contribution in [0.25, 0.3) is 10.9 Å². The van der Waals surface area contributed by atoms with Crippen LogP contribution in [-0.4, -0.2) is 95.3 Å². The van der Waals surface area contributed by atoms with E-state index < -0.39 is 12.0 Å². The number of likely N-dealkylation sites (tertiary alicyclic amines) is 1. The molecule has 2 amide bonds. The second-order valence-corrected chi connectivity index (χ2v) is 18.0.